The van der Waals surface area contributed by atoms with Crippen LogP contribution in [-0.2, 0) is 9.68 Å². The number of hydrogen-bond acceptors (Lipinski definition) is 4. The summed E-state index contributed by atoms with van der Waals surface area (Å²) >= 11 is 0. The first-order valence-electron chi connectivity index (χ1n) is 5.84. The molecule has 0 aliphatic rings. The number of benzene rings is 2. The van der Waals surface area contributed by atoms with E-state index in [0.29, 0.717) is 5.56 Å². The Bertz CT molecular complexity index is 672. The molecule has 0 N–H and O–H groups in total. The Balaban J connectivity index is 2.03. The van der Waals surface area contributed by atoms with Gasteiger partial charge in [-0.3, -0.25) is 4.89 Å². The van der Waals surface area contributed by atoms with E-state index in [4.69, 9.17) is 15.0 Å². The summed E-state index contributed by atoms with van der Waals surface area (Å²) in [6.07, 6.45) is 0. The van der Waals surface area contributed by atoms with Gasteiger partial charge in [-0.05, 0) is 17.7 Å². The van der Waals surface area contributed by atoms with Gasteiger partial charge >= 0.3 is 5.97 Å². The Morgan fingerprint density at radius 3 is 2.40 bits per heavy atom. The third-order valence-corrected chi connectivity index (χ3v) is 2.58. The van der Waals surface area contributed by atoms with Crippen LogP contribution in [0.3, 0.4) is 0 Å². The van der Waals surface area contributed by atoms with Gasteiger partial charge in [0.1, 0.15) is 6.07 Å². The second kappa shape index (κ2) is 6.21. The standard InChI is InChI=1S/C16H11NO3/c1-12(13-7-3-2-4-8-13)16(18)20-19-15-10-6-5-9-14(15)11-17/h2-10H,1H2. The zero-order valence-corrected chi connectivity index (χ0v) is 10.6. The monoisotopic (exact) mass is 265 g/mol. The van der Waals surface area contributed by atoms with Crippen molar-refractivity contribution in [2.75, 3.05) is 0 Å². The number of hydrogen-bond donors (Lipinski definition) is 0. The lowest BCUT2D eigenvalue weighted by atomic mass is 10.1. The Morgan fingerprint density at radius 2 is 1.70 bits per heavy atom. The number of nitrogens with zero attached hydrogens (tertiary/aromatic N) is 1. The van der Waals surface area contributed by atoms with E-state index in [-0.39, 0.29) is 16.9 Å². The number of rotatable bonds is 4. The number of carbonyl (C=O) groups is 1. The fraction of sp³-hybridized carbons (Fsp3) is 0. The van der Waals surface area contributed by atoms with Crippen molar-refractivity contribution < 1.29 is 14.6 Å². The molecule has 0 radical (unpaired) electrons. The van der Waals surface area contributed by atoms with Crippen molar-refractivity contribution in [2.24, 2.45) is 0 Å². The first-order chi connectivity index (χ1) is 9.72. The molecule has 0 spiro atoms. The van der Waals surface area contributed by atoms with Crippen LogP contribution in [0.5, 0.6) is 5.75 Å². The van der Waals surface area contributed by atoms with Crippen LogP contribution < -0.4 is 4.89 Å². The molecular weight excluding hydrogens is 254 g/mol. The zero-order chi connectivity index (χ0) is 14.4. The van der Waals surface area contributed by atoms with Gasteiger partial charge in [-0.25, -0.2) is 9.68 Å². The van der Waals surface area contributed by atoms with E-state index in [2.05, 4.69) is 6.58 Å². The van der Waals surface area contributed by atoms with Crippen LogP contribution in [0.1, 0.15) is 11.1 Å². The topological polar surface area (TPSA) is 59.3 Å². The summed E-state index contributed by atoms with van der Waals surface area (Å²) in [5, 5.41) is 8.88. The molecule has 0 heterocycles. The molecule has 0 saturated carbocycles. The minimum Gasteiger partial charge on any atom is -0.285 e. The van der Waals surface area contributed by atoms with Gasteiger partial charge in [0, 0.05) is 0 Å². The fourth-order valence-electron chi connectivity index (χ4n) is 1.52. The third kappa shape index (κ3) is 3.03. The van der Waals surface area contributed by atoms with Crippen LogP contribution in [0, 0.1) is 11.3 Å². The van der Waals surface area contributed by atoms with Gasteiger partial charge in [0.25, 0.3) is 0 Å². The molecule has 2 aromatic rings. The molecule has 0 amide bonds. The first kappa shape index (κ1) is 13.4. The zero-order valence-electron chi connectivity index (χ0n) is 10.6. The van der Waals surface area contributed by atoms with Gasteiger partial charge < -0.3 is 0 Å². The van der Waals surface area contributed by atoms with Gasteiger partial charge in [0.05, 0.1) is 11.1 Å². The predicted octanol–water partition coefficient (Wildman–Crippen LogP) is 3.11. The van der Waals surface area contributed by atoms with Gasteiger partial charge in [0.15, 0.2) is 5.75 Å². The van der Waals surface area contributed by atoms with Crippen LogP contribution in [0.4, 0.5) is 0 Å². The Kier molecular flexibility index (Phi) is 4.15. The summed E-state index contributed by atoms with van der Waals surface area (Å²) in [5.74, 6) is -0.520. The quantitative estimate of drug-likeness (QED) is 0.484. The first-order valence-corrected chi connectivity index (χ1v) is 5.84. The molecule has 0 aliphatic carbocycles. The Labute approximate surface area is 116 Å². The highest BCUT2D eigenvalue weighted by molar-refractivity contribution is 6.15. The summed E-state index contributed by atoms with van der Waals surface area (Å²) in [6, 6.07) is 17.3. The lowest BCUT2D eigenvalue weighted by Crippen LogP contribution is -2.10. The van der Waals surface area contributed by atoms with Crippen molar-refractivity contribution in [3.63, 3.8) is 0 Å². The van der Waals surface area contributed by atoms with Gasteiger partial charge in [0.2, 0.25) is 0 Å². The third-order valence-electron chi connectivity index (χ3n) is 2.58. The van der Waals surface area contributed by atoms with Gasteiger partial charge in [-0.15, -0.1) is 0 Å². The average Bonchev–Trinajstić information content (AvgIpc) is 2.53. The molecule has 0 unspecified atom stereocenters. The summed E-state index contributed by atoms with van der Waals surface area (Å²) in [5.41, 5.74) is 1.11. The van der Waals surface area contributed by atoms with Crippen LogP contribution in [-0.4, -0.2) is 5.97 Å². The molecule has 0 fully saturated rings. The lowest BCUT2D eigenvalue weighted by Gasteiger charge is -2.07. The molecule has 0 saturated heterocycles. The van der Waals surface area contributed by atoms with E-state index in [1.165, 1.54) is 6.07 Å². The lowest BCUT2D eigenvalue weighted by molar-refractivity contribution is -0.205. The second-order valence-electron chi connectivity index (χ2n) is 3.91. The van der Waals surface area contributed by atoms with Crippen LogP contribution >= 0.6 is 0 Å². The predicted molar refractivity (Wildman–Crippen MR) is 73.4 cm³/mol. The highest BCUT2D eigenvalue weighted by Gasteiger charge is 2.13. The van der Waals surface area contributed by atoms with E-state index < -0.39 is 5.97 Å². The van der Waals surface area contributed by atoms with Gasteiger partial charge in [-0.2, -0.15) is 5.26 Å². The normalized spacial score (nSPS) is 9.35. The van der Waals surface area contributed by atoms with E-state index in [1.54, 1.807) is 42.5 Å². The maximum absolute atomic E-state index is 11.8. The van der Waals surface area contributed by atoms with Crippen molar-refractivity contribution >= 4 is 11.5 Å². The van der Waals surface area contributed by atoms with E-state index in [9.17, 15) is 4.79 Å². The van der Waals surface area contributed by atoms with Crippen molar-refractivity contribution in [1.82, 2.24) is 0 Å². The van der Waals surface area contributed by atoms with Gasteiger partial charge in [-0.1, -0.05) is 49.0 Å². The molecule has 20 heavy (non-hydrogen) atoms. The fourth-order valence-corrected chi connectivity index (χ4v) is 1.52. The Hall–Kier alpha value is -3.06. The summed E-state index contributed by atoms with van der Waals surface area (Å²) in [7, 11) is 0. The number of nitriles is 1. The molecule has 0 aromatic heterocycles. The van der Waals surface area contributed by atoms with Crippen LogP contribution in [0.25, 0.3) is 5.57 Å². The second-order valence-corrected chi connectivity index (χ2v) is 3.91. The van der Waals surface area contributed by atoms with Crippen LogP contribution in [0.15, 0.2) is 61.2 Å². The summed E-state index contributed by atoms with van der Waals surface area (Å²) in [4.78, 5) is 21.4. The average molecular weight is 265 g/mol. The highest BCUT2D eigenvalue weighted by Crippen LogP contribution is 2.19. The number of para-hydroxylation sites is 1. The molecule has 0 bridgehead atoms. The minimum absolute atomic E-state index is 0.181. The van der Waals surface area contributed by atoms with Crippen molar-refractivity contribution in [3.8, 4) is 11.8 Å². The van der Waals surface area contributed by atoms with E-state index in [1.807, 2.05) is 12.1 Å². The minimum atomic E-state index is -0.705. The van der Waals surface area contributed by atoms with Crippen molar-refractivity contribution in [3.05, 3.63) is 72.3 Å². The van der Waals surface area contributed by atoms with Crippen LogP contribution in [0.2, 0.25) is 0 Å². The maximum Gasteiger partial charge on any atom is 0.386 e. The molecule has 98 valence electrons. The Morgan fingerprint density at radius 1 is 1.05 bits per heavy atom. The van der Waals surface area contributed by atoms with Crippen molar-refractivity contribution in [1.29, 1.82) is 5.26 Å². The largest absolute Gasteiger partial charge is 0.386 e. The molecule has 4 heteroatoms. The molecule has 0 atom stereocenters. The summed E-state index contributed by atoms with van der Waals surface area (Å²) < 4.78 is 0. The molecule has 0 aliphatic heterocycles. The highest BCUT2D eigenvalue weighted by atomic mass is 17.2. The van der Waals surface area contributed by atoms with E-state index >= 15 is 0 Å². The van der Waals surface area contributed by atoms with Crippen molar-refractivity contribution in [2.45, 2.75) is 0 Å². The maximum atomic E-state index is 11.8. The molecule has 2 aromatic carbocycles. The van der Waals surface area contributed by atoms with E-state index in [0.717, 1.165) is 0 Å². The smallest absolute Gasteiger partial charge is 0.285 e. The molecule has 4 nitrogen and oxygen atoms in total. The number of carbonyl (C=O) groups excluding carboxylic acids is 1. The molecular formula is C16H11NO3. The SMILES string of the molecule is C=C(C(=O)OOc1ccccc1C#N)c1ccccc1. The summed E-state index contributed by atoms with van der Waals surface area (Å²) in [6.45, 7) is 3.66. The molecule has 2 rings (SSSR count).